The van der Waals surface area contributed by atoms with Crippen LogP contribution in [0.5, 0.6) is 5.75 Å². The Balaban J connectivity index is 1.44. The fourth-order valence-corrected chi connectivity index (χ4v) is 3.06. The molecule has 7 heteroatoms. The lowest BCUT2D eigenvalue weighted by Gasteiger charge is -2.05. The minimum atomic E-state index is -0.467. The van der Waals surface area contributed by atoms with Gasteiger partial charge in [0.1, 0.15) is 5.75 Å². The van der Waals surface area contributed by atoms with E-state index in [0.29, 0.717) is 36.3 Å². The molecule has 0 fully saturated rings. The zero-order valence-corrected chi connectivity index (χ0v) is 16.4. The smallest absolute Gasteiger partial charge is 0.411 e. The van der Waals surface area contributed by atoms with E-state index >= 15 is 0 Å². The van der Waals surface area contributed by atoms with Gasteiger partial charge >= 0.3 is 6.09 Å². The number of para-hydroxylation sites is 1. The Kier molecular flexibility index (Phi) is 7.37. The Bertz CT molecular complexity index is 866. The number of anilines is 1. The first-order valence-electron chi connectivity index (χ1n) is 8.99. The molecule has 3 aromatic rings. The molecule has 0 bridgehead atoms. The van der Waals surface area contributed by atoms with E-state index in [9.17, 15) is 4.79 Å². The van der Waals surface area contributed by atoms with Crippen LogP contribution in [0.2, 0.25) is 0 Å². The molecular formula is C21H22N2O4S. The monoisotopic (exact) mass is 398 g/mol. The summed E-state index contributed by atoms with van der Waals surface area (Å²) in [6.07, 6.45) is 1.25. The third kappa shape index (κ3) is 6.06. The number of carbonyl (C=O) groups is 1. The highest BCUT2D eigenvalue weighted by molar-refractivity contribution is 7.98. The molecule has 0 atom stereocenters. The second-order valence-corrected chi connectivity index (χ2v) is 6.86. The molecule has 0 saturated heterocycles. The molecule has 0 aliphatic carbocycles. The van der Waals surface area contributed by atoms with Crippen LogP contribution in [-0.2, 0) is 10.5 Å². The van der Waals surface area contributed by atoms with Crippen molar-refractivity contribution in [3.05, 3.63) is 66.7 Å². The quantitative estimate of drug-likeness (QED) is 0.498. The number of aromatic nitrogens is 1. The van der Waals surface area contributed by atoms with E-state index in [1.807, 2.05) is 42.5 Å². The van der Waals surface area contributed by atoms with Crippen LogP contribution in [0.15, 0.2) is 65.2 Å². The summed E-state index contributed by atoms with van der Waals surface area (Å²) in [4.78, 5) is 15.8. The maximum atomic E-state index is 11.4. The van der Waals surface area contributed by atoms with Gasteiger partial charge in [0.05, 0.1) is 25.2 Å². The van der Waals surface area contributed by atoms with Gasteiger partial charge in [0.15, 0.2) is 5.76 Å². The number of carbonyl (C=O) groups excluding carboxylic acids is 1. The SMILES string of the molecule is CCOC(=O)Nc1ccc(-c2cnc(CSCCOc3ccccc3)o2)cc1. The van der Waals surface area contributed by atoms with Crippen molar-refractivity contribution in [1.29, 1.82) is 0 Å². The van der Waals surface area contributed by atoms with Crippen LogP contribution in [0.3, 0.4) is 0 Å². The molecule has 0 aliphatic rings. The molecule has 3 rings (SSSR count). The van der Waals surface area contributed by atoms with Crippen molar-refractivity contribution < 1.29 is 18.7 Å². The number of rotatable bonds is 9. The lowest BCUT2D eigenvalue weighted by Crippen LogP contribution is -2.12. The molecule has 0 spiro atoms. The van der Waals surface area contributed by atoms with E-state index in [4.69, 9.17) is 13.9 Å². The fourth-order valence-electron chi connectivity index (χ4n) is 2.41. The largest absolute Gasteiger partial charge is 0.493 e. The van der Waals surface area contributed by atoms with Gasteiger partial charge in [0.2, 0.25) is 5.89 Å². The molecule has 0 radical (unpaired) electrons. The highest BCUT2D eigenvalue weighted by atomic mass is 32.2. The summed E-state index contributed by atoms with van der Waals surface area (Å²) < 4.78 is 16.3. The molecule has 1 amide bonds. The Hall–Kier alpha value is -2.93. The van der Waals surface area contributed by atoms with Crippen LogP contribution in [-0.4, -0.2) is 30.0 Å². The van der Waals surface area contributed by atoms with Crippen LogP contribution < -0.4 is 10.1 Å². The molecular weight excluding hydrogens is 376 g/mol. The fraction of sp³-hybridized carbons (Fsp3) is 0.238. The number of ether oxygens (including phenoxy) is 2. The third-order valence-electron chi connectivity index (χ3n) is 3.71. The van der Waals surface area contributed by atoms with Crippen molar-refractivity contribution in [2.24, 2.45) is 0 Å². The van der Waals surface area contributed by atoms with Crippen LogP contribution >= 0.6 is 11.8 Å². The van der Waals surface area contributed by atoms with Gasteiger partial charge in [-0.2, -0.15) is 0 Å². The van der Waals surface area contributed by atoms with Gasteiger partial charge in [-0.25, -0.2) is 9.78 Å². The molecule has 146 valence electrons. The maximum absolute atomic E-state index is 11.4. The summed E-state index contributed by atoms with van der Waals surface area (Å²) in [5, 5.41) is 2.66. The molecule has 6 nitrogen and oxygen atoms in total. The zero-order chi connectivity index (χ0) is 19.6. The van der Waals surface area contributed by atoms with Crippen molar-refractivity contribution in [1.82, 2.24) is 4.98 Å². The average Bonchev–Trinajstić information content (AvgIpc) is 3.18. The summed E-state index contributed by atoms with van der Waals surface area (Å²) in [5.41, 5.74) is 1.56. The van der Waals surface area contributed by atoms with Crippen molar-refractivity contribution in [3.63, 3.8) is 0 Å². The number of hydrogen-bond donors (Lipinski definition) is 1. The van der Waals surface area contributed by atoms with E-state index in [1.54, 1.807) is 37.0 Å². The number of nitrogens with zero attached hydrogens (tertiary/aromatic N) is 1. The molecule has 28 heavy (non-hydrogen) atoms. The normalized spacial score (nSPS) is 10.5. The first kappa shape index (κ1) is 19.8. The van der Waals surface area contributed by atoms with Crippen LogP contribution in [0, 0.1) is 0 Å². The lowest BCUT2D eigenvalue weighted by molar-refractivity contribution is 0.168. The van der Waals surface area contributed by atoms with Crippen molar-refractivity contribution in [3.8, 4) is 17.1 Å². The first-order valence-corrected chi connectivity index (χ1v) is 10.1. The first-order chi connectivity index (χ1) is 13.7. The van der Waals surface area contributed by atoms with Crippen molar-refractivity contribution >= 4 is 23.5 Å². The van der Waals surface area contributed by atoms with Gasteiger partial charge in [0.25, 0.3) is 0 Å². The predicted molar refractivity (Wildman–Crippen MR) is 111 cm³/mol. The highest BCUT2D eigenvalue weighted by Crippen LogP contribution is 2.24. The number of thioether (sulfide) groups is 1. The number of oxazole rings is 1. The molecule has 0 aliphatic heterocycles. The number of benzene rings is 2. The summed E-state index contributed by atoms with van der Waals surface area (Å²) in [6.45, 7) is 2.73. The average molecular weight is 398 g/mol. The van der Waals surface area contributed by atoms with E-state index in [2.05, 4.69) is 10.3 Å². The highest BCUT2D eigenvalue weighted by Gasteiger charge is 2.08. The molecule has 1 heterocycles. The Morgan fingerprint density at radius 2 is 1.93 bits per heavy atom. The van der Waals surface area contributed by atoms with Gasteiger partial charge in [-0.1, -0.05) is 18.2 Å². The minimum Gasteiger partial charge on any atom is -0.493 e. The zero-order valence-electron chi connectivity index (χ0n) is 15.6. The minimum absolute atomic E-state index is 0.334. The van der Waals surface area contributed by atoms with Gasteiger partial charge < -0.3 is 13.9 Å². The molecule has 1 aromatic heterocycles. The molecule has 0 saturated carbocycles. The van der Waals surface area contributed by atoms with E-state index in [1.165, 1.54) is 0 Å². The lowest BCUT2D eigenvalue weighted by atomic mass is 10.2. The summed E-state index contributed by atoms with van der Waals surface area (Å²) >= 11 is 1.71. The van der Waals surface area contributed by atoms with Gasteiger partial charge in [0, 0.05) is 17.0 Å². The second kappa shape index (κ2) is 10.4. The number of amides is 1. The Morgan fingerprint density at radius 3 is 2.68 bits per heavy atom. The summed E-state index contributed by atoms with van der Waals surface area (Å²) in [7, 11) is 0. The predicted octanol–water partition coefficient (Wildman–Crippen LogP) is 5.22. The Labute approximate surface area is 168 Å². The van der Waals surface area contributed by atoms with Gasteiger partial charge in [-0.15, -0.1) is 11.8 Å². The standard InChI is InChI=1S/C21H22N2O4S/c1-2-25-21(24)23-17-10-8-16(9-11-17)19-14-22-20(27-19)15-28-13-12-26-18-6-4-3-5-7-18/h3-11,14H,2,12-13,15H2,1H3,(H,23,24). The van der Waals surface area contributed by atoms with Gasteiger partial charge in [-0.3, -0.25) is 5.32 Å². The summed E-state index contributed by atoms with van der Waals surface area (Å²) in [6, 6.07) is 17.1. The van der Waals surface area contributed by atoms with E-state index in [-0.39, 0.29) is 0 Å². The molecule has 1 N–H and O–H groups in total. The van der Waals surface area contributed by atoms with Crippen LogP contribution in [0.4, 0.5) is 10.5 Å². The topological polar surface area (TPSA) is 73.6 Å². The summed E-state index contributed by atoms with van der Waals surface area (Å²) in [5.74, 6) is 3.77. The van der Waals surface area contributed by atoms with Gasteiger partial charge in [-0.05, 0) is 43.3 Å². The van der Waals surface area contributed by atoms with Crippen molar-refractivity contribution in [2.45, 2.75) is 12.7 Å². The van der Waals surface area contributed by atoms with E-state index < -0.39 is 6.09 Å². The molecule has 0 unspecified atom stereocenters. The number of nitrogens with one attached hydrogen (secondary N) is 1. The maximum Gasteiger partial charge on any atom is 0.411 e. The van der Waals surface area contributed by atoms with Crippen LogP contribution in [0.1, 0.15) is 12.8 Å². The van der Waals surface area contributed by atoms with E-state index in [0.717, 1.165) is 17.1 Å². The molecule has 2 aromatic carbocycles. The number of hydrogen-bond acceptors (Lipinski definition) is 6. The van der Waals surface area contributed by atoms with Crippen LogP contribution in [0.25, 0.3) is 11.3 Å². The third-order valence-corrected chi connectivity index (χ3v) is 4.62. The Morgan fingerprint density at radius 1 is 1.14 bits per heavy atom. The second-order valence-electron chi connectivity index (χ2n) is 5.76. The van der Waals surface area contributed by atoms with Crippen molar-refractivity contribution in [2.75, 3.05) is 24.3 Å².